The highest BCUT2D eigenvalue weighted by molar-refractivity contribution is 6.92. The molecule has 0 saturated heterocycles. The van der Waals surface area contributed by atoms with Crippen LogP contribution < -0.4 is 9.92 Å². The van der Waals surface area contributed by atoms with Crippen molar-refractivity contribution in [2.45, 2.75) is 104 Å². The van der Waals surface area contributed by atoms with Crippen LogP contribution >= 0.6 is 0 Å². The molecule has 264 valence electrons. The molecule has 2 heteroatoms. The minimum Gasteiger partial charge on any atom is -0.489 e. The monoisotopic (exact) mass is 690 g/mol. The molecule has 0 spiro atoms. The van der Waals surface area contributed by atoms with Crippen LogP contribution in [0.4, 0.5) is 0 Å². The van der Waals surface area contributed by atoms with E-state index in [1.54, 1.807) is 0 Å². The zero-order chi connectivity index (χ0) is 36.7. The summed E-state index contributed by atoms with van der Waals surface area (Å²) in [5, 5.41) is 1.40. The Balaban J connectivity index is 1.63. The summed E-state index contributed by atoms with van der Waals surface area (Å²) < 4.78 is 6.73. The predicted molar refractivity (Wildman–Crippen MR) is 225 cm³/mol. The van der Waals surface area contributed by atoms with Crippen molar-refractivity contribution in [2.75, 3.05) is 6.61 Å². The van der Waals surface area contributed by atoms with Gasteiger partial charge in [-0.1, -0.05) is 177 Å². The van der Waals surface area contributed by atoms with Gasteiger partial charge in [-0.25, -0.2) is 0 Å². The summed E-state index contributed by atoms with van der Waals surface area (Å²) in [7, 11) is -2.38. The van der Waals surface area contributed by atoms with Crippen molar-refractivity contribution in [3.05, 3.63) is 143 Å². The van der Waals surface area contributed by atoms with E-state index in [0.717, 1.165) is 18.6 Å². The van der Waals surface area contributed by atoms with Gasteiger partial charge in [-0.05, 0) is 103 Å². The first-order chi connectivity index (χ1) is 24.3. The summed E-state index contributed by atoms with van der Waals surface area (Å²) >= 11 is 0. The Labute approximate surface area is 309 Å². The van der Waals surface area contributed by atoms with E-state index in [4.69, 9.17) is 4.74 Å². The number of benzene rings is 5. The Morgan fingerprint density at radius 1 is 0.706 bits per heavy atom. The van der Waals surface area contributed by atoms with Gasteiger partial charge < -0.3 is 4.74 Å². The molecule has 2 atom stereocenters. The maximum atomic E-state index is 6.73. The fourth-order valence-corrected chi connectivity index (χ4v) is 12.2. The third kappa shape index (κ3) is 6.80. The van der Waals surface area contributed by atoms with Gasteiger partial charge in [-0.2, -0.15) is 0 Å². The van der Waals surface area contributed by atoms with Gasteiger partial charge >= 0.3 is 0 Å². The fourth-order valence-electron chi connectivity index (χ4n) is 8.46. The number of ether oxygens (including phenoxy) is 1. The standard InChI is InChI=1S/C49H58OSi/c1-12-27-50-47-45(49(7,8)9)28-32(4)29-46(47)51(10,11)48-43-30-35(39-21-17-15-19-37(39)33(5)13-2)23-25-41(43)42-26-24-36(31-44(42)48)40-22-18-16-20-38(40)34(6)14-3/h12,15-26,28-31,33-34,48H,1,13-14,27H2,2-11H3. The van der Waals surface area contributed by atoms with Crippen LogP contribution in [0.25, 0.3) is 33.4 Å². The molecule has 0 aliphatic heterocycles. The summed E-state index contributed by atoms with van der Waals surface area (Å²) in [6, 6.07) is 37.6. The van der Waals surface area contributed by atoms with Crippen molar-refractivity contribution in [3.8, 4) is 39.1 Å². The quantitative estimate of drug-likeness (QED) is 0.0990. The summed E-state index contributed by atoms with van der Waals surface area (Å²) in [4.78, 5) is 0. The molecule has 0 saturated carbocycles. The minimum atomic E-state index is -2.38. The van der Waals surface area contributed by atoms with E-state index in [9.17, 15) is 0 Å². The van der Waals surface area contributed by atoms with E-state index in [-0.39, 0.29) is 11.0 Å². The molecular weight excluding hydrogens is 633 g/mol. The van der Waals surface area contributed by atoms with Crippen molar-refractivity contribution < 1.29 is 4.74 Å². The van der Waals surface area contributed by atoms with Gasteiger partial charge in [0.05, 0.1) is 8.07 Å². The third-order valence-electron chi connectivity index (χ3n) is 11.6. The van der Waals surface area contributed by atoms with Gasteiger partial charge in [-0.3, -0.25) is 0 Å². The SMILES string of the molecule is C=CCOc1c(C(C)(C)C)cc(C)cc1[Si](C)(C)C1c2cc(-c3ccccc3C(C)CC)ccc2-c2ccc(-c3ccccc3C(C)CC)cc21. The van der Waals surface area contributed by atoms with Crippen LogP contribution in [0.3, 0.4) is 0 Å². The third-order valence-corrected chi connectivity index (χ3v) is 15.5. The lowest BCUT2D eigenvalue weighted by Crippen LogP contribution is -2.49. The van der Waals surface area contributed by atoms with E-state index in [1.807, 2.05) is 6.08 Å². The lowest BCUT2D eigenvalue weighted by Gasteiger charge is -2.36. The highest BCUT2D eigenvalue weighted by Crippen LogP contribution is 2.52. The van der Waals surface area contributed by atoms with Crippen molar-refractivity contribution in [1.82, 2.24) is 0 Å². The Morgan fingerprint density at radius 2 is 1.20 bits per heavy atom. The Kier molecular flexibility index (Phi) is 10.4. The first-order valence-electron chi connectivity index (χ1n) is 19.2. The summed E-state index contributed by atoms with van der Waals surface area (Å²) in [6.07, 6.45) is 4.12. The lowest BCUT2D eigenvalue weighted by molar-refractivity contribution is 0.353. The van der Waals surface area contributed by atoms with Gasteiger partial charge in [0.25, 0.3) is 0 Å². The number of hydrogen-bond donors (Lipinski definition) is 0. The van der Waals surface area contributed by atoms with E-state index < -0.39 is 8.07 Å². The van der Waals surface area contributed by atoms with Gasteiger partial charge in [0.15, 0.2) is 0 Å². The first-order valence-corrected chi connectivity index (χ1v) is 22.3. The number of fused-ring (bicyclic) bond motifs is 3. The Hall–Kier alpha value is -4.14. The summed E-state index contributed by atoms with van der Waals surface area (Å²) in [5.74, 6) is 2.05. The Bertz CT molecular complexity index is 1960. The zero-order valence-corrected chi connectivity index (χ0v) is 33.8. The van der Waals surface area contributed by atoms with Crippen LogP contribution in [-0.4, -0.2) is 14.7 Å². The molecule has 0 bridgehead atoms. The molecule has 2 unspecified atom stereocenters. The topological polar surface area (TPSA) is 9.23 Å². The Morgan fingerprint density at radius 3 is 1.65 bits per heavy atom. The average molecular weight is 691 g/mol. The maximum Gasteiger partial charge on any atom is 0.122 e. The lowest BCUT2D eigenvalue weighted by atomic mass is 9.85. The van der Waals surface area contributed by atoms with Crippen LogP contribution in [0.15, 0.2) is 110 Å². The van der Waals surface area contributed by atoms with Gasteiger partial charge in [-0.15, -0.1) is 0 Å². The summed E-state index contributed by atoms with van der Waals surface area (Å²) in [6.45, 7) is 28.2. The normalized spacial score (nSPS) is 15.2. The molecule has 0 heterocycles. The van der Waals surface area contributed by atoms with Crippen LogP contribution in [0.5, 0.6) is 5.75 Å². The van der Waals surface area contributed by atoms with Gasteiger partial charge in [0.1, 0.15) is 12.4 Å². The van der Waals surface area contributed by atoms with Crippen LogP contribution in [0, 0.1) is 6.92 Å². The average Bonchev–Trinajstić information content (AvgIpc) is 3.46. The van der Waals surface area contributed by atoms with Crippen molar-refractivity contribution >= 4 is 13.3 Å². The molecule has 0 fully saturated rings. The highest BCUT2D eigenvalue weighted by Gasteiger charge is 2.45. The molecule has 1 aliphatic carbocycles. The van der Waals surface area contributed by atoms with Gasteiger partial charge in [0, 0.05) is 5.54 Å². The molecule has 1 aliphatic rings. The van der Waals surface area contributed by atoms with Gasteiger partial charge in [0.2, 0.25) is 0 Å². The molecule has 1 nitrogen and oxygen atoms in total. The van der Waals surface area contributed by atoms with E-state index in [2.05, 4.69) is 172 Å². The van der Waals surface area contributed by atoms with Crippen LogP contribution in [0.1, 0.15) is 112 Å². The number of aryl methyl sites for hydroxylation is 1. The molecule has 0 amide bonds. The molecule has 0 N–H and O–H groups in total. The molecule has 0 radical (unpaired) electrons. The highest BCUT2D eigenvalue weighted by atomic mass is 28.3. The molecule has 6 rings (SSSR count). The van der Waals surface area contributed by atoms with Crippen molar-refractivity contribution in [1.29, 1.82) is 0 Å². The second-order valence-corrected chi connectivity index (χ2v) is 21.2. The number of hydrogen-bond acceptors (Lipinski definition) is 1. The smallest absolute Gasteiger partial charge is 0.122 e. The minimum absolute atomic E-state index is 0.0626. The second kappa shape index (κ2) is 14.5. The maximum absolute atomic E-state index is 6.73. The van der Waals surface area contributed by atoms with E-state index >= 15 is 0 Å². The zero-order valence-electron chi connectivity index (χ0n) is 32.8. The first kappa shape index (κ1) is 36.6. The molecule has 0 aromatic heterocycles. The van der Waals surface area contributed by atoms with E-state index in [0.29, 0.717) is 18.4 Å². The number of rotatable bonds is 11. The predicted octanol–water partition coefficient (Wildman–Crippen LogP) is 13.5. The van der Waals surface area contributed by atoms with Crippen molar-refractivity contribution in [3.63, 3.8) is 0 Å². The fraction of sp³-hybridized carbons (Fsp3) is 0.347. The van der Waals surface area contributed by atoms with Crippen LogP contribution in [0.2, 0.25) is 13.1 Å². The van der Waals surface area contributed by atoms with Crippen LogP contribution in [-0.2, 0) is 5.41 Å². The molecule has 5 aromatic rings. The van der Waals surface area contributed by atoms with Crippen molar-refractivity contribution in [2.24, 2.45) is 0 Å². The second-order valence-electron chi connectivity index (χ2n) is 16.6. The molecule has 51 heavy (non-hydrogen) atoms. The molecule has 5 aromatic carbocycles. The summed E-state index contributed by atoms with van der Waals surface area (Å²) in [5.41, 5.74) is 16.6. The van der Waals surface area contributed by atoms with E-state index in [1.165, 1.54) is 71.9 Å². The molecular formula is C49H58OSi. The largest absolute Gasteiger partial charge is 0.489 e.